The van der Waals surface area contributed by atoms with Crippen LogP contribution in [0, 0.1) is 2.88 Å². The molecule has 0 N–H and O–H groups in total. The molecule has 0 saturated heterocycles. The van der Waals surface area contributed by atoms with Crippen LogP contribution in [0.4, 0.5) is 13.2 Å². The molecule has 6 heteroatoms. The summed E-state index contributed by atoms with van der Waals surface area (Å²) in [4.78, 5) is 0. The van der Waals surface area contributed by atoms with E-state index < -0.39 is 6.36 Å². The van der Waals surface area contributed by atoms with Crippen LogP contribution in [0.25, 0.3) is 0 Å². The molecule has 0 amide bonds. The molecule has 0 radical (unpaired) electrons. The van der Waals surface area contributed by atoms with Crippen molar-refractivity contribution in [3.05, 3.63) is 14.3 Å². The first kappa shape index (κ1) is 9.11. The number of ether oxygens (including phenoxy) is 1. The lowest BCUT2D eigenvalue weighted by atomic mass is 10.6. The van der Waals surface area contributed by atoms with Gasteiger partial charge in [-0.3, -0.25) is 0 Å². The van der Waals surface area contributed by atoms with Gasteiger partial charge in [0.1, 0.15) is 2.88 Å². The Morgan fingerprint density at radius 2 is 2.09 bits per heavy atom. The minimum atomic E-state index is -4.58. The first-order chi connectivity index (χ1) is 4.99. The summed E-state index contributed by atoms with van der Waals surface area (Å²) in [7, 11) is 0. The second-order valence-electron chi connectivity index (χ2n) is 1.61. The summed E-state index contributed by atoms with van der Waals surface area (Å²) >= 11 is 3.00. The van der Waals surface area contributed by atoms with Gasteiger partial charge in [-0.15, -0.1) is 24.5 Å². The third-order valence-corrected chi connectivity index (χ3v) is 2.79. The minimum Gasteiger partial charge on any atom is -0.404 e. The van der Waals surface area contributed by atoms with Crippen LogP contribution in [0.5, 0.6) is 5.75 Å². The summed E-state index contributed by atoms with van der Waals surface area (Å²) in [5, 5.41) is 1.54. The van der Waals surface area contributed by atoms with E-state index in [0.29, 0.717) is 2.88 Å². The van der Waals surface area contributed by atoms with Crippen LogP contribution in [0.2, 0.25) is 0 Å². The maximum atomic E-state index is 11.6. The highest BCUT2D eigenvalue weighted by Gasteiger charge is 2.32. The van der Waals surface area contributed by atoms with Crippen LogP contribution >= 0.6 is 33.9 Å². The van der Waals surface area contributed by atoms with Crippen LogP contribution in [0.15, 0.2) is 11.4 Å². The predicted molar refractivity (Wildman–Crippen MR) is 43.7 cm³/mol. The number of hydrogen-bond donors (Lipinski definition) is 0. The van der Waals surface area contributed by atoms with Gasteiger partial charge in [-0.1, -0.05) is 0 Å². The van der Waals surface area contributed by atoms with Crippen molar-refractivity contribution in [2.45, 2.75) is 6.36 Å². The smallest absolute Gasteiger partial charge is 0.404 e. The van der Waals surface area contributed by atoms with Crippen LogP contribution < -0.4 is 4.74 Å². The largest absolute Gasteiger partial charge is 0.573 e. The molecule has 62 valence electrons. The molecule has 0 spiro atoms. The molecule has 0 saturated carbocycles. The van der Waals surface area contributed by atoms with Gasteiger partial charge in [0.25, 0.3) is 0 Å². The second-order valence-corrected chi connectivity index (χ2v) is 4.33. The number of thiophene rings is 1. The molecule has 0 atom stereocenters. The molecule has 1 aromatic rings. The summed E-state index contributed by atoms with van der Waals surface area (Å²) in [6, 6.07) is 1.29. The van der Waals surface area contributed by atoms with Crippen LogP contribution in [-0.2, 0) is 0 Å². The van der Waals surface area contributed by atoms with E-state index in [1.165, 1.54) is 17.4 Å². The molecule has 0 unspecified atom stereocenters. The van der Waals surface area contributed by atoms with Crippen LogP contribution in [-0.4, -0.2) is 6.36 Å². The van der Waals surface area contributed by atoms with E-state index in [2.05, 4.69) is 4.74 Å². The molecule has 1 rings (SSSR count). The van der Waals surface area contributed by atoms with Gasteiger partial charge in [0.05, 0.1) is 0 Å². The van der Waals surface area contributed by atoms with E-state index >= 15 is 0 Å². The summed E-state index contributed by atoms with van der Waals surface area (Å²) in [6.45, 7) is 0. The monoisotopic (exact) mass is 294 g/mol. The number of halogens is 4. The van der Waals surface area contributed by atoms with E-state index in [9.17, 15) is 13.2 Å². The highest BCUT2D eigenvalue weighted by atomic mass is 127. The van der Waals surface area contributed by atoms with Crippen LogP contribution in [0.3, 0.4) is 0 Å². The standard InChI is InChI=1S/C5H2F3IOS/c6-5(7,8)10-3-1-2-11-4(3)9/h1-2H. The van der Waals surface area contributed by atoms with Crippen molar-refractivity contribution in [1.82, 2.24) is 0 Å². The van der Waals surface area contributed by atoms with Gasteiger partial charge in [-0.2, -0.15) is 0 Å². The molecule has 1 nitrogen and oxygen atoms in total. The third kappa shape index (κ3) is 2.86. The van der Waals surface area contributed by atoms with E-state index in [1.54, 1.807) is 28.0 Å². The van der Waals surface area contributed by atoms with Gasteiger partial charge in [0.2, 0.25) is 0 Å². The van der Waals surface area contributed by atoms with Crippen molar-refractivity contribution in [1.29, 1.82) is 0 Å². The molecule has 0 aliphatic carbocycles. The van der Waals surface area contributed by atoms with Crippen molar-refractivity contribution in [2.75, 3.05) is 0 Å². The molecule has 1 heterocycles. The fraction of sp³-hybridized carbons (Fsp3) is 0.200. The molecular weight excluding hydrogens is 292 g/mol. The highest BCUT2D eigenvalue weighted by Crippen LogP contribution is 2.30. The Morgan fingerprint density at radius 3 is 2.45 bits per heavy atom. The second kappa shape index (κ2) is 3.18. The van der Waals surface area contributed by atoms with Gasteiger partial charge in [0.15, 0.2) is 5.75 Å². The average Bonchev–Trinajstić information content (AvgIpc) is 2.12. The number of alkyl halides is 3. The Labute approximate surface area is 78.3 Å². The summed E-state index contributed by atoms with van der Waals surface area (Å²) in [5.74, 6) is -0.122. The molecule has 11 heavy (non-hydrogen) atoms. The van der Waals surface area contributed by atoms with Crippen molar-refractivity contribution < 1.29 is 17.9 Å². The average molecular weight is 294 g/mol. The fourth-order valence-corrected chi connectivity index (χ4v) is 1.75. The zero-order valence-corrected chi connectivity index (χ0v) is 7.96. The van der Waals surface area contributed by atoms with Crippen molar-refractivity contribution in [2.24, 2.45) is 0 Å². The lowest BCUT2D eigenvalue weighted by molar-refractivity contribution is -0.274. The third-order valence-electron chi connectivity index (χ3n) is 0.810. The Morgan fingerprint density at radius 1 is 1.45 bits per heavy atom. The van der Waals surface area contributed by atoms with Crippen molar-refractivity contribution in [3.8, 4) is 5.75 Å². The van der Waals surface area contributed by atoms with E-state index in [4.69, 9.17) is 0 Å². The lowest BCUT2D eigenvalue weighted by Gasteiger charge is -2.06. The maximum absolute atomic E-state index is 11.6. The Hall–Kier alpha value is 0.0200. The first-order valence-electron chi connectivity index (χ1n) is 2.48. The molecule has 0 aliphatic heterocycles. The molecule has 1 aromatic heterocycles. The Kier molecular flexibility index (Phi) is 2.63. The van der Waals surface area contributed by atoms with Gasteiger partial charge in [-0.05, 0) is 34.0 Å². The van der Waals surface area contributed by atoms with E-state index in [-0.39, 0.29) is 5.75 Å². The first-order valence-corrected chi connectivity index (χ1v) is 4.43. The zero-order valence-electron chi connectivity index (χ0n) is 4.98. The minimum absolute atomic E-state index is 0.122. The summed E-state index contributed by atoms with van der Waals surface area (Å²) < 4.78 is 38.9. The summed E-state index contributed by atoms with van der Waals surface area (Å²) in [5.41, 5.74) is 0. The summed E-state index contributed by atoms with van der Waals surface area (Å²) in [6.07, 6.45) is -4.58. The van der Waals surface area contributed by atoms with Gasteiger partial charge < -0.3 is 4.74 Å². The highest BCUT2D eigenvalue weighted by molar-refractivity contribution is 14.1. The molecule has 0 bridgehead atoms. The molecule has 0 fully saturated rings. The quantitative estimate of drug-likeness (QED) is 0.722. The van der Waals surface area contributed by atoms with Gasteiger partial charge in [0, 0.05) is 0 Å². The predicted octanol–water partition coefficient (Wildman–Crippen LogP) is 3.25. The number of rotatable bonds is 1. The Balaban J connectivity index is 2.72. The maximum Gasteiger partial charge on any atom is 0.573 e. The Bertz CT molecular complexity index is 244. The van der Waals surface area contributed by atoms with Crippen molar-refractivity contribution >= 4 is 33.9 Å². The number of hydrogen-bond acceptors (Lipinski definition) is 2. The molecule has 0 aliphatic rings. The molecule has 0 aromatic carbocycles. The topological polar surface area (TPSA) is 9.23 Å². The zero-order chi connectivity index (χ0) is 8.48. The normalized spacial score (nSPS) is 11.6. The van der Waals surface area contributed by atoms with Crippen LogP contribution in [0.1, 0.15) is 0 Å². The van der Waals surface area contributed by atoms with E-state index in [1.807, 2.05) is 0 Å². The SMILES string of the molecule is FC(F)(F)Oc1ccsc1I. The molecular formula is C5H2F3IOS. The van der Waals surface area contributed by atoms with Crippen molar-refractivity contribution in [3.63, 3.8) is 0 Å². The van der Waals surface area contributed by atoms with Gasteiger partial charge in [-0.25, -0.2) is 0 Å². The fourth-order valence-electron chi connectivity index (χ4n) is 0.478. The van der Waals surface area contributed by atoms with E-state index in [0.717, 1.165) is 0 Å². The lowest BCUT2D eigenvalue weighted by Crippen LogP contribution is -2.17. The van der Waals surface area contributed by atoms with Gasteiger partial charge >= 0.3 is 6.36 Å².